The molecule has 1 amide bonds. The summed E-state index contributed by atoms with van der Waals surface area (Å²) >= 11 is 0. The molecule has 0 atom stereocenters. The van der Waals surface area contributed by atoms with Gasteiger partial charge in [-0.15, -0.1) is 5.10 Å². The molecule has 0 bridgehead atoms. The van der Waals surface area contributed by atoms with Crippen molar-refractivity contribution in [2.45, 2.75) is 38.3 Å². The molecular formula is C10H14N4O2. The molecule has 0 unspecified atom stereocenters. The normalized spacial score (nSPS) is 16.2. The number of nitrogens with zero attached hydrogens (tertiary/aromatic N) is 3. The smallest absolute Gasteiger partial charge is 0.242 e. The van der Waals surface area contributed by atoms with Crippen LogP contribution in [-0.4, -0.2) is 33.2 Å². The maximum Gasteiger partial charge on any atom is 0.242 e. The van der Waals surface area contributed by atoms with Gasteiger partial charge in [-0.05, 0) is 12.8 Å². The minimum absolute atomic E-state index is 0.0748. The summed E-state index contributed by atoms with van der Waals surface area (Å²) in [5, 5.41) is 10.2. The largest absolute Gasteiger partial charge is 0.352 e. The van der Waals surface area contributed by atoms with Crippen molar-refractivity contribution in [2.24, 2.45) is 0 Å². The van der Waals surface area contributed by atoms with E-state index in [0.29, 0.717) is 12.3 Å². The van der Waals surface area contributed by atoms with E-state index in [1.54, 1.807) is 0 Å². The van der Waals surface area contributed by atoms with Crippen molar-refractivity contribution < 1.29 is 9.59 Å². The third-order valence-electron chi connectivity index (χ3n) is 2.70. The first kappa shape index (κ1) is 10.8. The molecule has 86 valence electrons. The first-order valence-corrected chi connectivity index (χ1v) is 5.42. The van der Waals surface area contributed by atoms with Gasteiger partial charge in [0.25, 0.3) is 0 Å². The standard InChI is InChI=1S/C10H14N4O2/c15-7-9-5-14(13-12-9)6-10(16)11-8-3-1-2-4-8/h5,7-8H,1-4,6H2,(H,11,16). The summed E-state index contributed by atoms with van der Waals surface area (Å²) < 4.78 is 1.37. The third kappa shape index (κ3) is 2.65. The van der Waals surface area contributed by atoms with Crippen molar-refractivity contribution in [1.29, 1.82) is 0 Å². The van der Waals surface area contributed by atoms with Crippen LogP contribution >= 0.6 is 0 Å². The fourth-order valence-corrected chi connectivity index (χ4v) is 1.94. The van der Waals surface area contributed by atoms with Gasteiger partial charge in [0.1, 0.15) is 12.2 Å². The number of amides is 1. The number of aldehydes is 1. The van der Waals surface area contributed by atoms with Crippen molar-refractivity contribution in [3.8, 4) is 0 Å². The van der Waals surface area contributed by atoms with Crippen LogP contribution in [-0.2, 0) is 11.3 Å². The number of rotatable bonds is 4. The van der Waals surface area contributed by atoms with E-state index in [-0.39, 0.29) is 18.1 Å². The van der Waals surface area contributed by atoms with Crippen LogP contribution < -0.4 is 5.32 Å². The first-order valence-electron chi connectivity index (χ1n) is 5.42. The number of carbonyl (C=O) groups is 2. The van der Waals surface area contributed by atoms with E-state index in [1.807, 2.05) is 0 Å². The molecule has 1 aliphatic carbocycles. The van der Waals surface area contributed by atoms with E-state index >= 15 is 0 Å². The van der Waals surface area contributed by atoms with Gasteiger partial charge < -0.3 is 5.32 Å². The molecule has 0 spiro atoms. The van der Waals surface area contributed by atoms with Crippen LogP contribution in [0.3, 0.4) is 0 Å². The zero-order chi connectivity index (χ0) is 11.4. The molecule has 6 heteroatoms. The molecule has 1 fully saturated rings. The van der Waals surface area contributed by atoms with Gasteiger partial charge in [0.15, 0.2) is 6.29 Å². The van der Waals surface area contributed by atoms with Crippen LogP contribution in [0.4, 0.5) is 0 Å². The molecule has 6 nitrogen and oxygen atoms in total. The Kier molecular flexibility index (Phi) is 3.28. The molecule has 0 saturated heterocycles. The Labute approximate surface area is 93.0 Å². The number of nitrogens with one attached hydrogen (secondary N) is 1. The topological polar surface area (TPSA) is 76.9 Å². The van der Waals surface area contributed by atoms with Gasteiger partial charge in [0.2, 0.25) is 5.91 Å². The van der Waals surface area contributed by atoms with E-state index in [2.05, 4.69) is 15.6 Å². The monoisotopic (exact) mass is 222 g/mol. The van der Waals surface area contributed by atoms with Crippen LogP contribution in [0.5, 0.6) is 0 Å². The highest BCUT2D eigenvalue weighted by atomic mass is 16.2. The average molecular weight is 222 g/mol. The van der Waals surface area contributed by atoms with Gasteiger partial charge in [-0.2, -0.15) is 0 Å². The molecule has 1 aromatic rings. The van der Waals surface area contributed by atoms with Gasteiger partial charge >= 0.3 is 0 Å². The number of hydrogen-bond acceptors (Lipinski definition) is 4. The second kappa shape index (κ2) is 4.87. The van der Waals surface area contributed by atoms with Crippen molar-refractivity contribution in [3.63, 3.8) is 0 Å². The predicted octanol–water partition coefficient (Wildman–Crippen LogP) is 0.149. The quantitative estimate of drug-likeness (QED) is 0.736. The van der Waals surface area contributed by atoms with Gasteiger partial charge in [-0.3, -0.25) is 9.59 Å². The average Bonchev–Trinajstić information content (AvgIpc) is 2.89. The van der Waals surface area contributed by atoms with E-state index in [9.17, 15) is 9.59 Å². The highest BCUT2D eigenvalue weighted by Gasteiger charge is 2.17. The zero-order valence-corrected chi connectivity index (χ0v) is 8.93. The van der Waals surface area contributed by atoms with Crippen molar-refractivity contribution in [3.05, 3.63) is 11.9 Å². The van der Waals surface area contributed by atoms with Crippen LogP contribution in [0.15, 0.2) is 6.20 Å². The van der Waals surface area contributed by atoms with Gasteiger partial charge in [-0.25, -0.2) is 4.68 Å². The number of aromatic nitrogens is 3. The van der Waals surface area contributed by atoms with Crippen molar-refractivity contribution >= 4 is 12.2 Å². The molecule has 0 radical (unpaired) electrons. The fourth-order valence-electron chi connectivity index (χ4n) is 1.94. The van der Waals surface area contributed by atoms with E-state index in [1.165, 1.54) is 23.7 Å². The molecule has 1 heterocycles. The minimum Gasteiger partial charge on any atom is -0.352 e. The molecule has 2 rings (SSSR count). The molecule has 0 aliphatic heterocycles. The predicted molar refractivity (Wildman–Crippen MR) is 55.8 cm³/mol. The zero-order valence-electron chi connectivity index (χ0n) is 8.93. The van der Waals surface area contributed by atoms with Crippen molar-refractivity contribution in [2.75, 3.05) is 0 Å². The summed E-state index contributed by atoms with van der Waals surface area (Å²) in [4.78, 5) is 21.9. The Morgan fingerprint density at radius 1 is 1.56 bits per heavy atom. The molecule has 1 aromatic heterocycles. The SMILES string of the molecule is O=Cc1cn(CC(=O)NC2CCCC2)nn1. The second-order valence-electron chi connectivity index (χ2n) is 4.01. The number of carbonyl (C=O) groups excluding carboxylic acids is 2. The molecule has 16 heavy (non-hydrogen) atoms. The summed E-state index contributed by atoms with van der Waals surface area (Å²) in [6.07, 6.45) is 6.55. The molecular weight excluding hydrogens is 208 g/mol. The lowest BCUT2D eigenvalue weighted by molar-refractivity contribution is -0.122. The highest BCUT2D eigenvalue weighted by molar-refractivity contribution is 5.76. The minimum atomic E-state index is -0.0748. The molecule has 1 N–H and O–H groups in total. The fraction of sp³-hybridized carbons (Fsp3) is 0.600. The van der Waals surface area contributed by atoms with Crippen LogP contribution in [0.25, 0.3) is 0 Å². The molecule has 1 aliphatic rings. The summed E-state index contributed by atoms with van der Waals surface area (Å²) in [5.74, 6) is -0.0748. The van der Waals surface area contributed by atoms with Gasteiger partial charge in [-0.1, -0.05) is 18.1 Å². The van der Waals surface area contributed by atoms with Crippen molar-refractivity contribution in [1.82, 2.24) is 20.3 Å². The lowest BCUT2D eigenvalue weighted by Crippen LogP contribution is -2.35. The summed E-state index contributed by atoms with van der Waals surface area (Å²) in [6, 6.07) is 0.307. The van der Waals surface area contributed by atoms with E-state index < -0.39 is 0 Å². The Bertz CT molecular complexity index is 382. The summed E-state index contributed by atoms with van der Waals surface area (Å²) in [6.45, 7) is 0.122. The second-order valence-corrected chi connectivity index (χ2v) is 4.01. The maximum absolute atomic E-state index is 11.6. The lowest BCUT2D eigenvalue weighted by atomic mass is 10.2. The molecule has 0 aromatic carbocycles. The summed E-state index contributed by atoms with van der Waals surface area (Å²) in [5.41, 5.74) is 0.244. The van der Waals surface area contributed by atoms with Gasteiger partial charge in [0.05, 0.1) is 6.20 Å². The van der Waals surface area contributed by atoms with Crippen LogP contribution in [0.1, 0.15) is 36.2 Å². The van der Waals surface area contributed by atoms with E-state index in [0.717, 1.165) is 12.8 Å². The van der Waals surface area contributed by atoms with E-state index in [4.69, 9.17) is 0 Å². The summed E-state index contributed by atoms with van der Waals surface area (Å²) in [7, 11) is 0. The van der Waals surface area contributed by atoms with Crippen LogP contribution in [0.2, 0.25) is 0 Å². The maximum atomic E-state index is 11.6. The Balaban J connectivity index is 1.84. The number of hydrogen-bond donors (Lipinski definition) is 1. The Hall–Kier alpha value is -1.72. The Morgan fingerprint density at radius 3 is 2.94 bits per heavy atom. The van der Waals surface area contributed by atoms with Gasteiger partial charge in [0, 0.05) is 6.04 Å². The molecule has 1 saturated carbocycles. The highest BCUT2D eigenvalue weighted by Crippen LogP contribution is 2.17. The lowest BCUT2D eigenvalue weighted by Gasteiger charge is -2.11. The third-order valence-corrected chi connectivity index (χ3v) is 2.70. The Morgan fingerprint density at radius 2 is 2.31 bits per heavy atom. The van der Waals surface area contributed by atoms with Crippen LogP contribution in [0, 0.1) is 0 Å². The first-order chi connectivity index (χ1) is 7.78.